The molecule has 6 heteroatoms. The average Bonchev–Trinajstić information content (AvgIpc) is 2.35. The third kappa shape index (κ3) is 4.47. The SMILES string of the molecule is CCCNC(C)(CSc1ccc(F)cc1F)C(=O)O. The number of thioether (sulfide) groups is 1. The fourth-order valence-electron chi connectivity index (χ4n) is 1.40. The number of hydrogen-bond donors (Lipinski definition) is 2. The van der Waals surface area contributed by atoms with Crippen LogP contribution >= 0.6 is 11.8 Å². The lowest BCUT2D eigenvalue weighted by Crippen LogP contribution is -2.51. The van der Waals surface area contributed by atoms with Gasteiger partial charge >= 0.3 is 5.97 Å². The van der Waals surface area contributed by atoms with Crippen molar-refractivity contribution in [1.82, 2.24) is 5.32 Å². The molecule has 0 fully saturated rings. The highest BCUT2D eigenvalue weighted by atomic mass is 32.2. The van der Waals surface area contributed by atoms with Crippen molar-refractivity contribution >= 4 is 17.7 Å². The minimum Gasteiger partial charge on any atom is -0.480 e. The van der Waals surface area contributed by atoms with E-state index in [0.29, 0.717) is 6.54 Å². The summed E-state index contributed by atoms with van der Waals surface area (Å²) in [6.07, 6.45) is 0.804. The molecule has 19 heavy (non-hydrogen) atoms. The van der Waals surface area contributed by atoms with Crippen LogP contribution in [-0.4, -0.2) is 28.9 Å². The Morgan fingerprint density at radius 2 is 2.16 bits per heavy atom. The maximum Gasteiger partial charge on any atom is 0.324 e. The van der Waals surface area contributed by atoms with Crippen LogP contribution in [0.2, 0.25) is 0 Å². The van der Waals surface area contributed by atoms with Gasteiger partial charge in [-0.25, -0.2) is 8.78 Å². The van der Waals surface area contributed by atoms with Gasteiger partial charge in [-0.2, -0.15) is 0 Å². The maximum atomic E-state index is 13.5. The first kappa shape index (κ1) is 15.9. The van der Waals surface area contributed by atoms with Crippen LogP contribution in [0.4, 0.5) is 8.78 Å². The van der Waals surface area contributed by atoms with Crippen molar-refractivity contribution in [2.45, 2.75) is 30.7 Å². The number of carbonyl (C=O) groups is 1. The summed E-state index contributed by atoms with van der Waals surface area (Å²) in [7, 11) is 0. The standard InChI is InChI=1S/C13H17F2NO2S/c1-3-6-16-13(2,12(17)18)8-19-11-5-4-9(14)7-10(11)15/h4-5,7,16H,3,6,8H2,1-2H3,(H,17,18). The van der Waals surface area contributed by atoms with Gasteiger partial charge in [0, 0.05) is 16.7 Å². The first-order valence-electron chi connectivity index (χ1n) is 5.95. The zero-order valence-electron chi connectivity index (χ0n) is 10.9. The molecule has 3 nitrogen and oxygen atoms in total. The fourth-order valence-corrected chi connectivity index (χ4v) is 2.43. The monoisotopic (exact) mass is 289 g/mol. The lowest BCUT2D eigenvalue weighted by Gasteiger charge is -2.25. The molecule has 2 N–H and O–H groups in total. The Hall–Kier alpha value is -1.14. The van der Waals surface area contributed by atoms with Crippen LogP contribution in [0.5, 0.6) is 0 Å². The summed E-state index contributed by atoms with van der Waals surface area (Å²) in [5, 5.41) is 12.2. The first-order valence-corrected chi connectivity index (χ1v) is 6.94. The molecule has 0 saturated carbocycles. The minimum absolute atomic E-state index is 0.158. The van der Waals surface area contributed by atoms with E-state index in [9.17, 15) is 18.7 Å². The molecule has 0 aliphatic heterocycles. The number of halogens is 2. The van der Waals surface area contributed by atoms with Crippen molar-refractivity contribution in [2.24, 2.45) is 0 Å². The fraction of sp³-hybridized carbons (Fsp3) is 0.462. The van der Waals surface area contributed by atoms with Crippen molar-refractivity contribution in [2.75, 3.05) is 12.3 Å². The van der Waals surface area contributed by atoms with Gasteiger partial charge in [0.25, 0.3) is 0 Å². The predicted molar refractivity (Wildman–Crippen MR) is 71.4 cm³/mol. The number of benzene rings is 1. The van der Waals surface area contributed by atoms with Crippen molar-refractivity contribution in [3.63, 3.8) is 0 Å². The Bertz CT molecular complexity index is 456. The van der Waals surface area contributed by atoms with E-state index in [1.165, 1.54) is 6.07 Å². The highest BCUT2D eigenvalue weighted by molar-refractivity contribution is 7.99. The number of rotatable bonds is 7. The van der Waals surface area contributed by atoms with E-state index >= 15 is 0 Å². The Morgan fingerprint density at radius 3 is 2.68 bits per heavy atom. The third-order valence-electron chi connectivity index (χ3n) is 2.65. The van der Waals surface area contributed by atoms with E-state index in [-0.39, 0.29) is 10.6 Å². The highest BCUT2D eigenvalue weighted by Gasteiger charge is 2.32. The maximum absolute atomic E-state index is 13.5. The van der Waals surface area contributed by atoms with Gasteiger partial charge in [0.05, 0.1) is 0 Å². The molecule has 1 aromatic rings. The Balaban J connectivity index is 2.73. The van der Waals surface area contributed by atoms with Gasteiger partial charge in [-0.3, -0.25) is 4.79 Å². The van der Waals surface area contributed by atoms with Crippen LogP contribution in [0.15, 0.2) is 23.1 Å². The van der Waals surface area contributed by atoms with Gasteiger partial charge in [0.2, 0.25) is 0 Å². The second kappa shape index (κ2) is 6.86. The summed E-state index contributed by atoms with van der Waals surface area (Å²) in [6.45, 7) is 4.05. The zero-order valence-corrected chi connectivity index (χ0v) is 11.7. The third-order valence-corrected chi connectivity index (χ3v) is 4.01. The smallest absolute Gasteiger partial charge is 0.324 e. The lowest BCUT2D eigenvalue weighted by molar-refractivity contribution is -0.143. The van der Waals surface area contributed by atoms with Gasteiger partial charge in [-0.05, 0) is 32.0 Å². The van der Waals surface area contributed by atoms with Gasteiger partial charge in [0.15, 0.2) is 0 Å². The number of hydrogen-bond acceptors (Lipinski definition) is 3. The molecule has 0 saturated heterocycles. The van der Waals surface area contributed by atoms with Crippen molar-refractivity contribution in [3.8, 4) is 0 Å². The average molecular weight is 289 g/mol. The molecule has 1 unspecified atom stereocenters. The van der Waals surface area contributed by atoms with Gasteiger partial charge in [-0.15, -0.1) is 11.8 Å². The van der Waals surface area contributed by atoms with E-state index in [2.05, 4.69) is 5.32 Å². The largest absolute Gasteiger partial charge is 0.480 e. The van der Waals surface area contributed by atoms with Crippen LogP contribution in [-0.2, 0) is 4.79 Å². The summed E-state index contributed by atoms with van der Waals surface area (Å²) in [6, 6.07) is 3.26. The molecule has 0 aliphatic carbocycles. The summed E-state index contributed by atoms with van der Waals surface area (Å²) < 4.78 is 26.2. The van der Waals surface area contributed by atoms with E-state index in [4.69, 9.17) is 0 Å². The van der Waals surface area contributed by atoms with Crippen molar-refractivity contribution in [1.29, 1.82) is 0 Å². The van der Waals surface area contributed by atoms with E-state index in [1.54, 1.807) is 6.92 Å². The van der Waals surface area contributed by atoms with Crippen molar-refractivity contribution in [3.05, 3.63) is 29.8 Å². The summed E-state index contributed by atoms with van der Waals surface area (Å²) in [4.78, 5) is 11.5. The van der Waals surface area contributed by atoms with E-state index < -0.39 is 23.1 Å². The van der Waals surface area contributed by atoms with Crippen LogP contribution in [0.3, 0.4) is 0 Å². The second-order valence-electron chi connectivity index (χ2n) is 4.43. The Kier molecular flexibility index (Phi) is 5.75. The zero-order chi connectivity index (χ0) is 14.5. The predicted octanol–water partition coefficient (Wildman–Crippen LogP) is 2.90. The van der Waals surface area contributed by atoms with Gasteiger partial charge in [0.1, 0.15) is 17.2 Å². The van der Waals surface area contributed by atoms with Gasteiger partial charge < -0.3 is 10.4 Å². The summed E-state index contributed by atoms with van der Waals surface area (Å²) >= 11 is 1.06. The first-order chi connectivity index (χ1) is 8.89. The minimum atomic E-state index is -1.14. The molecular formula is C13H17F2NO2S. The molecule has 1 rings (SSSR count). The van der Waals surface area contributed by atoms with Gasteiger partial charge in [-0.1, -0.05) is 6.92 Å². The Morgan fingerprint density at radius 1 is 1.47 bits per heavy atom. The topological polar surface area (TPSA) is 49.3 Å². The molecule has 0 aliphatic rings. The number of aliphatic carboxylic acids is 1. The summed E-state index contributed by atoms with van der Waals surface area (Å²) in [5.41, 5.74) is -1.14. The molecule has 0 aromatic heterocycles. The van der Waals surface area contributed by atoms with Crippen LogP contribution in [0, 0.1) is 11.6 Å². The molecular weight excluding hydrogens is 272 g/mol. The van der Waals surface area contributed by atoms with E-state index in [1.807, 2.05) is 6.92 Å². The molecule has 0 amide bonds. The van der Waals surface area contributed by atoms with Crippen LogP contribution in [0.1, 0.15) is 20.3 Å². The van der Waals surface area contributed by atoms with Crippen LogP contribution < -0.4 is 5.32 Å². The molecule has 1 atom stereocenters. The number of carboxylic acids is 1. The molecule has 0 radical (unpaired) electrons. The molecule has 1 aromatic carbocycles. The van der Waals surface area contributed by atoms with Crippen LogP contribution in [0.25, 0.3) is 0 Å². The molecule has 0 bridgehead atoms. The second-order valence-corrected chi connectivity index (χ2v) is 5.44. The molecule has 106 valence electrons. The Labute approximate surface area is 115 Å². The lowest BCUT2D eigenvalue weighted by atomic mass is 10.1. The summed E-state index contributed by atoms with van der Waals surface area (Å²) in [5.74, 6) is -2.15. The van der Waals surface area contributed by atoms with E-state index in [0.717, 1.165) is 30.3 Å². The number of nitrogens with one attached hydrogen (secondary N) is 1. The normalized spacial score (nSPS) is 14.1. The quantitative estimate of drug-likeness (QED) is 0.758. The molecule has 0 heterocycles. The number of carboxylic acid groups (broad SMARTS) is 1. The molecule has 0 spiro atoms. The highest BCUT2D eigenvalue weighted by Crippen LogP contribution is 2.26. The van der Waals surface area contributed by atoms with Crippen molar-refractivity contribution < 1.29 is 18.7 Å².